The second-order valence-electron chi connectivity index (χ2n) is 7.37. The van der Waals surface area contributed by atoms with Gasteiger partial charge in [-0.05, 0) is 52.7 Å². The van der Waals surface area contributed by atoms with Crippen molar-refractivity contribution in [3.05, 3.63) is 24.0 Å². The smallest absolute Gasteiger partial charge is 0.424 e. The Labute approximate surface area is 163 Å². The first-order chi connectivity index (χ1) is 13.2. The summed E-state index contributed by atoms with van der Waals surface area (Å²) < 4.78 is 10.3. The van der Waals surface area contributed by atoms with Crippen LogP contribution in [0.5, 0.6) is 5.75 Å². The van der Waals surface area contributed by atoms with Gasteiger partial charge in [-0.2, -0.15) is 0 Å². The molecule has 0 aromatic carbocycles. The number of aromatic nitrogens is 1. The number of likely N-dealkylation sites (tertiary alicyclic amines) is 1. The molecule has 0 aliphatic carbocycles. The van der Waals surface area contributed by atoms with Gasteiger partial charge in [-0.15, -0.1) is 0 Å². The molecule has 2 N–H and O–H groups in total. The molecular weight excluding hydrogens is 368 g/mol. The Morgan fingerprint density at radius 3 is 2.50 bits per heavy atom. The van der Waals surface area contributed by atoms with Crippen molar-refractivity contribution in [3.8, 4) is 5.75 Å². The first kappa shape index (κ1) is 21.4. The second kappa shape index (κ2) is 9.36. The van der Waals surface area contributed by atoms with Gasteiger partial charge in [0.1, 0.15) is 5.60 Å². The Hall–Kier alpha value is -2.88. The summed E-state index contributed by atoms with van der Waals surface area (Å²) in [5.74, 6) is -0.504. The Morgan fingerprint density at radius 1 is 1.21 bits per heavy atom. The van der Waals surface area contributed by atoms with E-state index in [-0.39, 0.29) is 0 Å². The highest BCUT2D eigenvalue weighted by Crippen LogP contribution is 2.21. The molecule has 28 heavy (non-hydrogen) atoms. The van der Waals surface area contributed by atoms with Crippen LogP contribution in [0.25, 0.3) is 0 Å². The maximum Gasteiger partial charge on any atom is 0.424 e. The Kier molecular flexibility index (Phi) is 7.16. The van der Waals surface area contributed by atoms with Gasteiger partial charge in [-0.25, -0.2) is 19.8 Å². The van der Waals surface area contributed by atoms with Gasteiger partial charge < -0.3 is 19.2 Å². The molecule has 154 valence electrons. The van der Waals surface area contributed by atoms with Crippen LogP contribution in [0.15, 0.2) is 18.3 Å². The minimum atomic E-state index is -0.761. The first-order valence-electron chi connectivity index (χ1n) is 8.99. The van der Waals surface area contributed by atoms with E-state index < -0.39 is 29.7 Å². The van der Waals surface area contributed by atoms with Gasteiger partial charge in [0.15, 0.2) is 5.75 Å². The molecule has 1 saturated heterocycles. The van der Waals surface area contributed by atoms with Crippen molar-refractivity contribution in [3.63, 3.8) is 0 Å². The molecule has 10 nitrogen and oxygen atoms in total. The van der Waals surface area contributed by atoms with Crippen molar-refractivity contribution in [2.24, 2.45) is 5.92 Å². The molecule has 1 fully saturated rings. The highest BCUT2D eigenvalue weighted by molar-refractivity contribution is 5.74. The van der Waals surface area contributed by atoms with Crippen LogP contribution in [-0.2, 0) is 14.4 Å². The molecular formula is C18H26N4O6. The number of hydrogen-bond acceptors (Lipinski definition) is 8. The standard InChI is InChI=1S/C18H26N4O6/c1-12-14(6-5-9-19-12)26-17(25)22-10-7-13(8-11-22)15(23)28-21-20-16(24)27-18(2,3)4/h5-6,9,13,21H,7-8,10-11H2,1-4H3,(H,20,24). The summed E-state index contributed by atoms with van der Waals surface area (Å²) in [7, 11) is 0. The molecule has 2 amide bonds. The van der Waals surface area contributed by atoms with Crippen LogP contribution in [0.1, 0.15) is 39.3 Å². The fourth-order valence-electron chi connectivity index (χ4n) is 2.54. The topological polar surface area (TPSA) is 119 Å². The van der Waals surface area contributed by atoms with Crippen LogP contribution < -0.4 is 15.8 Å². The summed E-state index contributed by atoms with van der Waals surface area (Å²) in [6, 6.07) is 3.36. The monoisotopic (exact) mass is 394 g/mol. The number of rotatable bonds is 4. The molecule has 1 aliphatic heterocycles. The van der Waals surface area contributed by atoms with Crippen molar-refractivity contribution >= 4 is 18.2 Å². The fraction of sp³-hybridized carbons (Fsp3) is 0.556. The number of carbonyl (C=O) groups is 3. The van der Waals surface area contributed by atoms with E-state index in [9.17, 15) is 14.4 Å². The third-order valence-corrected chi connectivity index (χ3v) is 3.95. The largest absolute Gasteiger partial charge is 0.443 e. The van der Waals surface area contributed by atoms with Crippen LogP contribution in [0, 0.1) is 12.8 Å². The first-order valence-corrected chi connectivity index (χ1v) is 8.99. The van der Waals surface area contributed by atoms with Crippen LogP contribution in [0.4, 0.5) is 9.59 Å². The minimum absolute atomic E-state index is 0.359. The lowest BCUT2D eigenvalue weighted by molar-refractivity contribution is -0.159. The predicted octanol–water partition coefficient (Wildman–Crippen LogP) is 2.09. The van der Waals surface area contributed by atoms with Crippen molar-refractivity contribution in [1.29, 1.82) is 0 Å². The van der Waals surface area contributed by atoms with Gasteiger partial charge in [0, 0.05) is 19.3 Å². The Balaban J connectivity index is 1.71. The van der Waals surface area contributed by atoms with Crippen LogP contribution in [0.3, 0.4) is 0 Å². The summed E-state index contributed by atoms with van der Waals surface area (Å²) in [5.41, 5.74) is 4.18. The lowest BCUT2D eigenvalue weighted by Crippen LogP contribution is -2.45. The number of carbonyl (C=O) groups excluding carboxylic acids is 3. The quantitative estimate of drug-likeness (QED) is 0.745. The van der Waals surface area contributed by atoms with E-state index in [4.69, 9.17) is 14.3 Å². The number of aryl methyl sites for hydroxylation is 1. The maximum absolute atomic E-state index is 12.2. The van der Waals surface area contributed by atoms with Gasteiger partial charge in [0.2, 0.25) is 0 Å². The van der Waals surface area contributed by atoms with Crippen LogP contribution >= 0.6 is 0 Å². The lowest BCUT2D eigenvalue weighted by Gasteiger charge is -2.30. The number of piperidine rings is 1. The van der Waals surface area contributed by atoms with Gasteiger partial charge in [-0.3, -0.25) is 4.98 Å². The molecule has 1 aromatic heterocycles. The van der Waals surface area contributed by atoms with Gasteiger partial charge in [-0.1, -0.05) is 5.59 Å². The number of pyridine rings is 1. The van der Waals surface area contributed by atoms with E-state index in [1.165, 1.54) is 4.90 Å². The highest BCUT2D eigenvalue weighted by atomic mass is 16.7. The predicted molar refractivity (Wildman–Crippen MR) is 97.9 cm³/mol. The molecule has 1 aromatic rings. The van der Waals surface area contributed by atoms with Crippen molar-refractivity contribution in [2.75, 3.05) is 13.1 Å². The Bertz CT molecular complexity index is 710. The Morgan fingerprint density at radius 2 is 1.89 bits per heavy atom. The number of hydrazine groups is 1. The molecule has 0 unspecified atom stereocenters. The van der Waals surface area contributed by atoms with E-state index in [1.54, 1.807) is 46.0 Å². The zero-order chi connectivity index (χ0) is 20.7. The molecule has 2 rings (SSSR count). The van der Waals surface area contributed by atoms with E-state index in [0.29, 0.717) is 37.4 Å². The van der Waals surface area contributed by atoms with Gasteiger partial charge in [0.05, 0.1) is 11.6 Å². The highest BCUT2D eigenvalue weighted by Gasteiger charge is 2.30. The zero-order valence-corrected chi connectivity index (χ0v) is 16.5. The summed E-state index contributed by atoms with van der Waals surface area (Å²) in [5, 5.41) is 0. The summed E-state index contributed by atoms with van der Waals surface area (Å²) in [4.78, 5) is 46.2. The number of amides is 2. The summed E-state index contributed by atoms with van der Waals surface area (Å²) in [6.45, 7) is 7.62. The maximum atomic E-state index is 12.2. The van der Waals surface area contributed by atoms with Crippen LogP contribution in [-0.4, -0.2) is 46.7 Å². The average Bonchev–Trinajstić information content (AvgIpc) is 2.62. The van der Waals surface area contributed by atoms with E-state index in [0.717, 1.165) is 0 Å². The molecule has 1 aliphatic rings. The van der Waals surface area contributed by atoms with E-state index in [2.05, 4.69) is 16.0 Å². The van der Waals surface area contributed by atoms with Crippen LogP contribution in [0.2, 0.25) is 0 Å². The number of ether oxygens (including phenoxy) is 2. The SMILES string of the molecule is Cc1ncccc1OC(=O)N1CCC(C(=O)ONNC(=O)OC(C)(C)C)CC1. The molecule has 0 radical (unpaired) electrons. The third-order valence-electron chi connectivity index (χ3n) is 3.95. The number of nitrogens with zero attached hydrogens (tertiary/aromatic N) is 2. The molecule has 10 heteroatoms. The van der Waals surface area contributed by atoms with Gasteiger partial charge >= 0.3 is 18.2 Å². The minimum Gasteiger partial charge on any atom is -0.443 e. The van der Waals surface area contributed by atoms with Crippen molar-refractivity contribution in [1.82, 2.24) is 20.9 Å². The summed E-state index contributed by atoms with van der Waals surface area (Å²) in [6.07, 6.45) is 1.23. The second-order valence-corrected chi connectivity index (χ2v) is 7.37. The number of hydrogen-bond donors (Lipinski definition) is 2. The molecule has 0 saturated carbocycles. The number of nitrogens with one attached hydrogen (secondary N) is 2. The summed E-state index contributed by atoms with van der Waals surface area (Å²) >= 11 is 0. The fourth-order valence-corrected chi connectivity index (χ4v) is 2.54. The zero-order valence-electron chi connectivity index (χ0n) is 16.5. The lowest BCUT2D eigenvalue weighted by atomic mass is 9.97. The van der Waals surface area contributed by atoms with Gasteiger partial charge in [0.25, 0.3) is 0 Å². The average molecular weight is 394 g/mol. The van der Waals surface area contributed by atoms with E-state index in [1.807, 2.05) is 0 Å². The third kappa shape index (κ3) is 6.69. The molecule has 2 heterocycles. The van der Waals surface area contributed by atoms with E-state index >= 15 is 0 Å². The molecule has 0 bridgehead atoms. The normalized spacial score (nSPS) is 14.9. The van der Waals surface area contributed by atoms with Crippen molar-refractivity contribution < 1.29 is 28.7 Å². The molecule has 0 spiro atoms. The van der Waals surface area contributed by atoms with Crippen molar-refractivity contribution in [2.45, 2.75) is 46.1 Å². The molecule has 0 atom stereocenters.